The summed E-state index contributed by atoms with van der Waals surface area (Å²) in [6, 6.07) is 23.5. The van der Waals surface area contributed by atoms with Gasteiger partial charge in [0.15, 0.2) is 0 Å². The quantitative estimate of drug-likeness (QED) is 0.404. The second-order valence-electron chi connectivity index (χ2n) is 8.55. The summed E-state index contributed by atoms with van der Waals surface area (Å²) < 4.78 is 28.1. The van der Waals surface area contributed by atoms with E-state index in [0.29, 0.717) is 42.6 Å². The van der Waals surface area contributed by atoms with Crippen LogP contribution < -0.4 is 5.73 Å². The molecule has 8 heteroatoms. The first-order valence-electron chi connectivity index (χ1n) is 11.1. The third kappa shape index (κ3) is 5.08. The summed E-state index contributed by atoms with van der Waals surface area (Å²) in [5.41, 5.74) is 8.13. The number of sulfonamides is 1. The van der Waals surface area contributed by atoms with E-state index in [1.54, 1.807) is 22.5 Å². The first-order chi connectivity index (χ1) is 15.9. The molecule has 4 aromatic rings. The number of hydrogen-bond acceptors (Lipinski definition) is 4. The van der Waals surface area contributed by atoms with Gasteiger partial charge in [-0.25, -0.2) is 8.42 Å². The molecule has 0 radical (unpaired) electrons. The van der Waals surface area contributed by atoms with E-state index in [0.717, 1.165) is 22.9 Å². The highest BCUT2D eigenvalue weighted by molar-refractivity contribution is 7.89. The number of fused-ring (bicyclic) bond motifs is 2. The van der Waals surface area contributed by atoms with E-state index >= 15 is 0 Å². The largest absolute Gasteiger partial charge is 0.326 e. The predicted molar refractivity (Wildman–Crippen MR) is 142 cm³/mol. The van der Waals surface area contributed by atoms with Gasteiger partial charge in [-0.05, 0) is 69.1 Å². The minimum atomic E-state index is -3.53. The fourth-order valence-electron chi connectivity index (χ4n) is 4.46. The molecule has 4 aromatic carbocycles. The number of hydrogen-bond donors (Lipinski definition) is 1. The molecule has 1 fully saturated rings. The van der Waals surface area contributed by atoms with E-state index in [9.17, 15) is 8.42 Å². The third-order valence-electron chi connectivity index (χ3n) is 6.35. The standard InChI is InChI=1S/C26H26ClN3O2S.ClH/c27-25-7-5-23-16-26(8-6-22(23)15-25)33(31,32)30-11-9-29(10-12-30)18-20-2-4-21-3-1-19(17-28)13-24(21)14-20;/h1-8,13-16H,9-12,17-18,28H2;1H. The molecular weight excluding hydrogens is 489 g/mol. The van der Waals surface area contributed by atoms with Crippen LogP contribution in [0.1, 0.15) is 11.1 Å². The van der Waals surface area contributed by atoms with Crippen LogP contribution in [0.4, 0.5) is 0 Å². The number of rotatable bonds is 5. The van der Waals surface area contributed by atoms with Crippen molar-refractivity contribution in [2.45, 2.75) is 18.0 Å². The van der Waals surface area contributed by atoms with Crippen LogP contribution in [0.5, 0.6) is 0 Å². The highest BCUT2D eigenvalue weighted by Gasteiger charge is 2.28. The molecular formula is C26H27Cl2N3O2S. The lowest BCUT2D eigenvalue weighted by atomic mass is 10.0. The summed E-state index contributed by atoms with van der Waals surface area (Å²) in [6.07, 6.45) is 0. The van der Waals surface area contributed by atoms with Crippen LogP contribution in [-0.2, 0) is 23.1 Å². The van der Waals surface area contributed by atoms with Crippen LogP contribution in [0.25, 0.3) is 21.5 Å². The zero-order valence-corrected chi connectivity index (χ0v) is 21.0. The summed E-state index contributed by atoms with van der Waals surface area (Å²) >= 11 is 6.05. The van der Waals surface area contributed by atoms with Crippen LogP contribution >= 0.6 is 24.0 Å². The molecule has 178 valence electrons. The van der Waals surface area contributed by atoms with Crippen LogP contribution in [-0.4, -0.2) is 43.8 Å². The van der Waals surface area contributed by atoms with E-state index in [4.69, 9.17) is 17.3 Å². The van der Waals surface area contributed by atoms with Gasteiger partial charge in [0.1, 0.15) is 0 Å². The van der Waals surface area contributed by atoms with Crippen LogP contribution in [0.3, 0.4) is 0 Å². The molecule has 0 spiro atoms. The summed E-state index contributed by atoms with van der Waals surface area (Å²) in [6.45, 7) is 3.68. The molecule has 0 aromatic heterocycles. The highest BCUT2D eigenvalue weighted by atomic mass is 35.5. The van der Waals surface area contributed by atoms with E-state index < -0.39 is 10.0 Å². The molecule has 2 N–H and O–H groups in total. The van der Waals surface area contributed by atoms with Gasteiger partial charge < -0.3 is 5.73 Å². The summed E-state index contributed by atoms with van der Waals surface area (Å²) in [5, 5.41) is 4.83. The molecule has 5 nitrogen and oxygen atoms in total. The van der Waals surface area contributed by atoms with Gasteiger partial charge in [-0.1, -0.05) is 48.0 Å². The van der Waals surface area contributed by atoms with E-state index in [1.807, 2.05) is 18.2 Å². The Morgan fingerprint density at radius 3 is 2.09 bits per heavy atom. The predicted octanol–water partition coefficient (Wildman–Crippen LogP) is 5.03. The lowest BCUT2D eigenvalue weighted by Gasteiger charge is -2.34. The molecule has 1 saturated heterocycles. The lowest BCUT2D eigenvalue weighted by molar-refractivity contribution is 0.181. The molecule has 1 aliphatic rings. The van der Waals surface area contributed by atoms with Crippen molar-refractivity contribution in [3.8, 4) is 0 Å². The number of nitrogens with two attached hydrogens (primary N) is 1. The molecule has 0 bridgehead atoms. The second kappa shape index (κ2) is 10.2. The van der Waals surface area contributed by atoms with Gasteiger partial charge in [0.2, 0.25) is 10.0 Å². The van der Waals surface area contributed by atoms with Gasteiger partial charge in [-0.2, -0.15) is 4.31 Å². The molecule has 0 amide bonds. The van der Waals surface area contributed by atoms with Gasteiger partial charge in [0.25, 0.3) is 0 Å². The van der Waals surface area contributed by atoms with Crippen molar-refractivity contribution in [2.75, 3.05) is 26.2 Å². The third-order valence-corrected chi connectivity index (χ3v) is 8.48. The Hall–Kier alpha value is -2.19. The minimum absolute atomic E-state index is 0. The molecule has 0 aliphatic carbocycles. The fourth-order valence-corrected chi connectivity index (χ4v) is 6.10. The Balaban J connectivity index is 0.00000274. The maximum absolute atomic E-state index is 13.2. The van der Waals surface area contributed by atoms with Crippen LogP contribution in [0.15, 0.2) is 77.7 Å². The molecule has 5 rings (SSSR count). The van der Waals surface area contributed by atoms with Crippen molar-refractivity contribution < 1.29 is 8.42 Å². The SMILES string of the molecule is Cl.NCc1ccc2ccc(CN3CCN(S(=O)(=O)c4ccc5cc(Cl)ccc5c4)CC3)cc2c1. The maximum Gasteiger partial charge on any atom is 0.243 e. The smallest absolute Gasteiger partial charge is 0.243 e. The van der Waals surface area contributed by atoms with Crippen molar-refractivity contribution in [3.05, 3.63) is 88.9 Å². The monoisotopic (exact) mass is 515 g/mol. The number of nitrogens with zero attached hydrogens (tertiary/aromatic N) is 2. The zero-order chi connectivity index (χ0) is 23.0. The van der Waals surface area contributed by atoms with E-state index in [-0.39, 0.29) is 12.4 Å². The first-order valence-corrected chi connectivity index (χ1v) is 12.9. The average Bonchev–Trinajstić information content (AvgIpc) is 2.83. The van der Waals surface area contributed by atoms with Crippen LogP contribution in [0, 0.1) is 0 Å². The first kappa shape index (κ1) is 24.9. The van der Waals surface area contributed by atoms with Crippen molar-refractivity contribution in [2.24, 2.45) is 5.73 Å². The number of halogens is 2. The van der Waals surface area contributed by atoms with Crippen LogP contribution in [0.2, 0.25) is 5.02 Å². The van der Waals surface area contributed by atoms with Gasteiger partial charge in [0, 0.05) is 44.3 Å². The Kier molecular flexibility index (Phi) is 7.48. The van der Waals surface area contributed by atoms with Crippen molar-refractivity contribution in [1.82, 2.24) is 9.21 Å². The van der Waals surface area contributed by atoms with Crippen molar-refractivity contribution in [3.63, 3.8) is 0 Å². The van der Waals surface area contributed by atoms with E-state index in [1.165, 1.54) is 16.3 Å². The molecule has 1 heterocycles. The second-order valence-corrected chi connectivity index (χ2v) is 10.9. The Bertz CT molecular complexity index is 1430. The number of benzene rings is 4. The Morgan fingerprint density at radius 2 is 1.35 bits per heavy atom. The normalized spacial score (nSPS) is 15.5. The fraction of sp³-hybridized carbons (Fsp3) is 0.231. The Morgan fingerprint density at radius 1 is 0.735 bits per heavy atom. The molecule has 0 unspecified atom stereocenters. The molecule has 0 atom stereocenters. The summed E-state index contributed by atoms with van der Waals surface area (Å²) in [5.74, 6) is 0. The van der Waals surface area contributed by atoms with Crippen molar-refractivity contribution >= 4 is 55.6 Å². The van der Waals surface area contributed by atoms with Gasteiger partial charge in [-0.15, -0.1) is 12.4 Å². The maximum atomic E-state index is 13.2. The average molecular weight is 516 g/mol. The molecule has 34 heavy (non-hydrogen) atoms. The minimum Gasteiger partial charge on any atom is -0.326 e. The van der Waals surface area contributed by atoms with Gasteiger partial charge >= 0.3 is 0 Å². The number of piperazine rings is 1. The molecule has 1 aliphatic heterocycles. The van der Waals surface area contributed by atoms with E-state index in [2.05, 4.69) is 41.3 Å². The zero-order valence-electron chi connectivity index (χ0n) is 18.7. The Labute approximate surface area is 211 Å². The van der Waals surface area contributed by atoms with Gasteiger partial charge in [-0.3, -0.25) is 4.90 Å². The van der Waals surface area contributed by atoms with Crippen molar-refractivity contribution in [1.29, 1.82) is 0 Å². The topological polar surface area (TPSA) is 66.6 Å². The highest BCUT2D eigenvalue weighted by Crippen LogP contribution is 2.26. The van der Waals surface area contributed by atoms with Gasteiger partial charge in [0.05, 0.1) is 4.90 Å². The summed E-state index contributed by atoms with van der Waals surface area (Å²) in [7, 11) is -3.53. The lowest BCUT2D eigenvalue weighted by Crippen LogP contribution is -2.48. The molecule has 0 saturated carbocycles. The summed E-state index contributed by atoms with van der Waals surface area (Å²) in [4.78, 5) is 2.64.